The SMILES string of the molecule is COCCN(CC(=O)Nc1nc(-c2ccc(OC)cc2)cn1-c1ccc(OC)cc1)C(=O)COC. The number of hydrogen-bond donors (Lipinski definition) is 1. The van der Waals surface area contributed by atoms with Crippen LogP contribution in [0.25, 0.3) is 16.9 Å². The summed E-state index contributed by atoms with van der Waals surface area (Å²) in [6.45, 7) is 0.263. The van der Waals surface area contributed by atoms with Gasteiger partial charge in [-0.05, 0) is 48.5 Å². The zero-order valence-corrected chi connectivity index (χ0v) is 20.3. The van der Waals surface area contributed by atoms with Gasteiger partial charge in [0.2, 0.25) is 17.8 Å². The second-order valence-electron chi connectivity index (χ2n) is 7.54. The number of aromatic nitrogens is 2. The topological polar surface area (TPSA) is 104 Å². The number of nitrogens with one attached hydrogen (secondary N) is 1. The highest BCUT2D eigenvalue weighted by Crippen LogP contribution is 2.27. The second-order valence-corrected chi connectivity index (χ2v) is 7.54. The minimum absolute atomic E-state index is 0.126. The van der Waals surface area contributed by atoms with E-state index in [1.807, 2.05) is 54.7 Å². The lowest BCUT2D eigenvalue weighted by molar-refractivity contribution is -0.138. The Bertz CT molecular complexity index is 1110. The summed E-state index contributed by atoms with van der Waals surface area (Å²) in [6.07, 6.45) is 1.83. The molecule has 0 bridgehead atoms. The first-order valence-corrected chi connectivity index (χ1v) is 10.9. The van der Waals surface area contributed by atoms with E-state index in [0.717, 1.165) is 17.0 Å². The molecule has 0 saturated heterocycles. The van der Waals surface area contributed by atoms with Crippen molar-refractivity contribution in [2.45, 2.75) is 0 Å². The Morgan fingerprint density at radius 2 is 1.54 bits per heavy atom. The van der Waals surface area contributed by atoms with Crippen molar-refractivity contribution in [3.05, 3.63) is 54.7 Å². The van der Waals surface area contributed by atoms with Gasteiger partial charge in [0.05, 0.1) is 26.5 Å². The van der Waals surface area contributed by atoms with Crippen LogP contribution in [-0.4, -0.2) is 81.0 Å². The molecule has 0 unspecified atom stereocenters. The molecule has 1 heterocycles. The molecule has 10 heteroatoms. The Kier molecular flexibility index (Phi) is 9.22. The minimum atomic E-state index is -0.396. The fourth-order valence-corrected chi connectivity index (χ4v) is 3.35. The molecule has 1 N–H and O–H groups in total. The molecule has 2 amide bonds. The third-order valence-corrected chi connectivity index (χ3v) is 5.21. The first-order chi connectivity index (χ1) is 17.0. The van der Waals surface area contributed by atoms with Crippen LogP contribution < -0.4 is 14.8 Å². The van der Waals surface area contributed by atoms with Crippen LogP contribution in [-0.2, 0) is 19.1 Å². The quantitative estimate of drug-likeness (QED) is 0.423. The van der Waals surface area contributed by atoms with E-state index in [2.05, 4.69) is 10.3 Å². The lowest BCUT2D eigenvalue weighted by Crippen LogP contribution is -2.41. The van der Waals surface area contributed by atoms with Crippen LogP contribution in [0.2, 0.25) is 0 Å². The summed E-state index contributed by atoms with van der Waals surface area (Å²) in [5.74, 6) is 1.05. The van der Waals surface area contributed by atoms with Crippen LogP contribution in [0.1, 0.15) is 0 Å². The molecule has 2 aromatic carbocycles. The van der Waals surface area contributed by atoms with Gasteiger partial charge >= 0.3 is 0 Å². The molecule has 0 spiro atoms. The molecule has 186 valence electrons. The van der Waals surface area contributed by atoms with Gasteiger partial charge in [0.1, 0.15) is 24.7 Å². The average molecular weight is 483 g/mol. The molecule has 0 fully saturated rings. The van der Waals surface area contributed by atoms with Crippen molar-refractivity contribution in [1.82, 2.24) is 14.5 Å². The molecule has 3 aromatic rings. The summed E-state index contributed by atoms with van der Waals surface area (Å²) in [5, 5.41) is 2.84. The summed E-state index contributed by atoms with van der Waals surface area (Å²) in [4.78, 5) is 31.3. The predicted molar refractivity (Wildman–Crippen MR) is 131 cm³/mol. The number of anilines is 1. The van der Waals surface area contributed by atoms with Crippen molar-refractivity contribution in [2.75, 3.05) is 60.1 Å². The van der Waals surface area contributed by atoms with Gasteiger partial charge in [-0.1, -0.05) is 0 Å². The van der Waals surface area contributed by atoms with E-state index in [0.29, 0.717) is 24.0 Å². The highest BCUT2D eigenvalue weighted by atomic mass is 16.5. The van der Waals surface area contributed by atoms with Crippen LogP contribution in [0.4, 0.5) is 5.95 Å². The lowest BCUT2D eigenvalue weighted by atomic mass is 10.1. The maximum atomic E-state index is 12.9. The van der Waals surface area contributed by atoms with Gasteiger partial charge in [0, 0.05) is 38.2 Å². The number of rotatable bonds is 12. The standard InChI is InChI=1S/C25H30N4O6/c1-32-14-13-28(24(31)17-33-2)16-23(30)27-25-26-22(18-5-9-20(34-3)10-6-18)15-29(25)19-7-11-21(35-4)12-8-19/h5-12,15H,13-14,16-17H2,1-4H3,(H,26,27,30). The number of nitrogens with zero attached hydrogens (tertiary/aromatic N) is 3. The van der Waals surface area contributed by atoms with Crippen molar-refractivity contribution in [3.63, 3.8) is 0 Å². The molecule has 3 rings (SSSR count). The summed E-state index contributed by atoms with van der Waals surface area (Å²) in [7, 11) is 6.17. The maximum Gasteiger partial charge on any atom is 0.249 e. The van der Waals surface area contributed by atoms with E-state index in [4.69, 9.17) is 18.9 Å². The van der Waals surface area contributed by atoms with E-state index >= 15 is 0 Å². The first kappa shape index (κ1) is 25.7. The first-order valence-electron chi connectivity index (χ1n) is 10.9. The molecular weight excluding hydrogens is 452 g/mol. The molecule has 0 atom stereocenters. The van der Waals surface area contributed by atoms with Gasteiger partial charge in [-0.25, -0.2) is 4.98 Å². The number of ether oxygens (including phenoxy) is 4. The van der Waals surface area contributed by atoms with Crippen molar-refractivity contribution in [2.24, 2.45) is 0 Å². The van der Waals surface area contributed by atoms with Gasteiger partial charge in [-0.2, -0.15) is 0 Å². The van der Waals surface area contributed by atoms with Crippen molar-refractivity contribution >= 4 is 17.8 Å². The normalized spacial score (nSPS) is 10.6. The smallest absolute Gasteiger partial charge is 0.249 e. The molecule has 0 aliphatic carbocycles. The lowest BCUT2D eigenvalue weighted by Gasteiger charge is -2.21. The molecule has 1 aromatic heterocycles. The largest absolute Gasteiger partial charge is 0.497 e. The second kappa shape index (κ2) is 12.5. The third kappa shape index (κ3) is 6.81. The summed E-state index contributed by atoms with van der Waals surface area (Å²) in [6, 6.07) is 14.8. The Balaban J connectivity index is 1.89. The van der Waals surface area contributed by atoms with Crippen LogP contribution in [0, 0.1) is 0 Å². The molecule has 35 heavy (non-hydrogen) atoms. The highest BCUT2D eigenvalue weighted by Gasteiger charge is 2.19. The molecule has 0 radical (unpaired) electrons. The molecule has 0 aliphatic heterocycles. The maximum absolute atomic E-state index is 12.9. The fraction of sp³-hybridized carbons (Fsp3) is 0.320. The number of imidazole rings is 1. The predicted octanol–water partition coefficient (Wildman–Crippen LogP) is 2.62. The van der Waals surface area contributed by atoms with Crippen LogP contribution in [0.3, 0.4) is 0 Å². The van der Waals surface area contributed by atoms with E-state index in [-0.39, 0.29) is 25.6 Å². The highest BCUT2D eigenvalue weighted by molar-refractivity contribution is 5.94. The van der Waals surface area contributed by atoms with Crippen LogP contribution >= 0.6 is 0 Å². The van der Waals surface area contributed by atoms with E-state index in [1.165, 1.54) is 19.1 Å². The van der Waals surface area contributed by atoms with Gasteiger partial charge < -0.3 is 23.8 Å². The summed E-state index contributed by atoms with van der Waals surface area (Å²) >= 11 is 0. The molecule has 10 nitrogen and oxygen atoms in total. The van der Waals surface area contributed by atoms with E-state index in [1.54, 1.807) is 18.8 Å². The van der Waals surface area contributed by atoms with Crippen molar-refractivity contribution in [3.8, 4) is 28.4 Å². The number of benzene rings is 2. The van der Waals surface area contributed by atoms with E-state index in [9.17, 15) is 9.59 Å². The molecular formula is C25H30N4O6. The van der Waals surface area contributed by atoms with Crippen molar-refractivity contribution < 1.29 is 28.5 Å². The van der Waals surface area contributed by atoms with Gasteiger partial charge in [-0.3, -0.25) is 19.5 Å². The number of methoxy groups -OCH3 is 4. The molecule has 0 aliphatic rings. The summed E-state index contributed by atoms with van der Waals surface area (Å²) in [5.41, 5.74) is 2.29. The van der Waals surface area contributed by atoms with Gasteiger partial charge in [0.15, 0.2) is 0 Å². The van der Waals surface area contributed by atoms with Crippen molar-refractivity contribution in [1.29, 1.82) is 0 Å². The summed E-state index contributed by atoms with van der Waals surface area (Å²) < 4.78 is 22.2. The fourth-order valence-electron chi connectivity index (χ4n) is 3.35. The number of carbonyl (C=O) groups is 2. The number of amides is 2. The van der Waals surface area contributed by atoms with Gasteiger partial charge in [0.25, 0.3) is 0 Å². The Morgan fingerprint density at radius 1 is 0.914 bits per heavy atom. The monoisotopic (exact) mass is 482 g/mol. The number of hydrogen-bond acceptors (Lipinski definition) is 7. The van der Waals surface area contributed by atoms with Crippen LogP contribution in [0.5, 0.6) is 11.5 Å². The average Bonchev–Trinajstić information content (AvgIpc) is 3.30. The Hall–Kier alpha value is -3.89. The Morgan fingerprint density at radius 3 is 2.11 bits per heavy atom. The number of carbonyl (C=O) groups excluding carboxylic acids is 2. The van der Waals surface area contributed by atoms with E-state index < -0.39 is 5.91 Å². The van der Waals surface area contributed by atoms with Gasteiger partial charge in [-0.15, -0.1) is 0 Å². The third-order valence-electron chi connectivity index (χ3n) is 5.21. The Labute approximate surface area is 204 Å². The zero-order chi connectivity index (χ0) is 25.2. The minimum Gasteiger partial charge on any atom is -0.497 e. The zero-order valence-electron chi connectivity index (χ0n) is 20.3. The molecule has 0 saturated carbocycles. The van der Waals surface area contributed by atoms with Crippen LogP contribution in [0.15, 0.2) is 54.7 Å².